The van der Waals surface area contributed by atoms with Crippen LogP contribution in [0.3, 0.4) is 0 Å². The first kappa shape index (κ1) is 16.1. The maximum absolute atomic E-state index is 12.4. The fourth-order valence-electron chi connectivity index (χ4n) is 2.93. The van der Waals surface area contributed by atoms with Gasteiger partial charge in [0.1, 0.15) is 11.5 Å². The molecule has 0 aliphatic heterocycles. The molecule has 2 aromatic carbocycles. The van der Waals surface area contributed by atoms with Crippen molar-refractivity contribution in [2.24, 2.45) is 0 Å². The Morgan fingerprint density at radius 1 is 1.19 bits per heavy atom. The van der Waals surface area contributed by atoms with E-state index in [0.29, 0.717) is 24.4 Å². The van der Waals surface area contributed by atoms with Gasteiger partial charge in [0, 0.05) is 31.0 Å². The van der Waals surface area contributed by atoms with Crippen molar-refractivity contribution in [2.45, 2.75) is 13.3 Å². The number of nitrogens with one attached hydrogen (secondary N) is 2. The van der Waals surface area contributed by atoms with Crippen LogP contribution in [0.2, 0.25) is 0 Å². The number of hydrogen-bond donors (Lipinski definition) is 2. The van der Waals surface area contributed by atoms with Crippen LogP contribution >= 0.6 is 0 Å². The molecule has 26 heavy (non-hydrogen) atoms. The first-order valence-electron chi connectivity index (χ1n) is 8.44. The molecule has 0 aliphatic rings. The normalized spacial score (nSPS) is 11.0. The lowest BCUT2D eigenvalue weighted by atomic mass is 10.1. The number of benzene rings is 2. The zero-order valence-electron chi connectivity index (χ0n) is 14.3. The van der Waals surface area contributed by atoms with Crippen molar-refractivity contribution < 1.29 is 9.21 Å². The first-order chi connectivity index (χ1) is 12.7. The third-order valence-electron chi connectivity index (χ3n) is 4.17. The Morgan fingerprint density at radius 3 is 2.88 bits per heavy atom. The number of aryl methyl sites for hydroxylation is 1. The van der Waals surface area contributed by atoms with Crippen LogP contribution in [0.25, 0.3) is 22.3 Å². The van der Waals surface area contributed by atoms with Crippen LogP contribution in [-0.2, 0) is 6.42 Å². The van der Waals surface area contributed by atoms with E-state index in [1.807, 2.05) is 43.3 Å². The molecule has 0 spiro atoms. The van der Waals surface area contributed by atoms with Crippen LogP contribution in [0.4, 0.5) is 0 Å². The van der Waals surface area contributed by atoms with Gasteiger partial charge in [-0.25, -0.2) is 9.97 Å². The molecule has 0 saturated heterocycles. The molecule has 0 bridgehead atoms. The fourth-order valence-corrected chi connectivity index (χ4v) is 2.93. The van der Waals surface area contributed by atoms with E-state index >= 15 is 0 Å². The molecule has 4 rings (SSSR count). The number of carbonyl (C=O) groups excluding carboxylic acids is 1. The molecule has 0 radical (unpaired) electrons. The number of oxazole rings is 1. The lowest BCUT2D eigenvalue weighted by Crippen LogP contribution is -2.25. The Morgan fingerprint density at radius 2 is 2.04 bits per heavy atom. The van der Waals surface area contributed by atoms with Crippen molar-refractivity contribution in [1.82, 2.24) is 20.3 Å². The summed E-state index contributed by atoms with van der Waals surface area (Å²) in [5.74, 6) is 1.27. The minimum atomic E-state index is -0.126. The van der Waals surface area contributed by atoms with Gasteiger partial charge in [0.2, 0.25) is 0 Å². The summed E-state index contributed by atoms with van der Waals surface area (Å²) in [4.78, 5) is 24.0. The minimum absolute atomic E-state index is 0.126. The average Bonchev–Trinajstić information content (AvgIpc) is 3.28. The summed E-state index contributed by atoms with van der Waals surface area (Å²) in [6, 6.07) is 15.3. The van der Waals surface area contributed by atoms with Gasteiger partial charge in [-0.15, -0.1) is 0 Å². The number of rotatable bonds is 5. The second kappa shape index (κ2) is 6.84. The van der Waals surface area contributed by atoms with Gasteiger partial charge >= 0.3 is 0 Å². The number of imidazole rings is 1. The van der Waals surface area contributed by atoms with Crippen LogP contribution in [0.15, 0.2) is 59.3 Å². The predicted molar refractivity (Wildman–Crippen MR) is 98.8 cm³/mol. The maximum atomic E-state index is 12.4. The second-order valence-electron chi connectivity index (χ2n) is 6.01. The summed E-state index contributed by atoms with van der Waals surface area (Å²) in [6.45, 7) is 2.29. The third kappa shape index (κ3) is 3.21. The van der Waals surface area contributed by atoms with Gasteiger partial charge in [-0.05, 0) is 18.2 Å². The van der Waals surface area contributed by atoms with Crippen molar-refractivity contribution in [3.8, 4) is 11.3 Å². The first-order valence-corrected chi connectivity index (χ1v) is 8.44. The number of H-pyrrole nitrogens is 1. The molecule has 0 fully saturated rings. The lowest BCUT2D eigenvalue weighted by Gasteiger charge is -2.05. The van der Waals surface area contributed by atoms with E-state index in [-0.39, 0.29) is 5.91 Å². The Hall–Kier alpha value is -3.41. The molecule has 2 N–H and O–H groups in total. The summed E-state index contributed by atoms with van der Waals surface area (Å²) < 4.78 is 5.73. The zero-order chi connectivity index (χ0) is 17.9. The highest BCUT2D eigenvalue weighted by Gasteiger charge is 2.14. The van der Waals surface area contributed by atoms with Gasteiger partial charge in [-0.2, -0.15) is 0 Å². The highest BCUT2D eigenvalue weighted by molar-refractivity contribution is 5.97. The number of nitrogens with zero attached hydrogens (tertiary/aromatic N) is 2. The molecule has 130 valence electrons. The maximum Gasteiger partial charge on any atom is 0.251 e. The fraction of sp³-hybridized carbons (Fsp3) is 0.150. The predicted octanol–water partition coefficient (Wildman–Crippen LogP) is 3.50. The minimum Gasteiger partial charge on any atom is -0.445 e. The monoisotopic (exact) mass is 346 g/mol. The Bertz CT molecular complexity index is 1050. The van der Waals surface area contributed by atoms with Gasteiger partial charge in [-0.1, -0.05) is 30.3 Å². The van der Waals surface area contributed by atoms with E-state index in [9.17, 15) is 4.79 Å². The van der Waals surface area contributed by atoms with E-state index in [2.05, 4.69) is 20.3 Å². The molecule has 4 aromatic rings. The molecule has 0 unspecified atom stereocenters. The number of amides is 1. The zero-order valence-corrected chi connectivity index (χ0v) is 14.3. The van der Waals surface area contributed by atoms with Crippen LogP contribution < -0.4 is 5.32 Å². The van der Waals surface area contributed by atoms with Crippen LogP contribution in [0.1, 0.15) is 22.0 Å². The summed E-state index contributed by atoms with van der Waals surface area (Å²) in [5.41, 5.74) is 4.12. The van der Waals surface area contributed by atoms with Gasteiger partial charge in [0.15, 0.2) is 5.89 Å². The van der Waals surface area contributed by atoms with Crippen molar-refractivity contribution in [3.63, 3.8) is 0 Å². The van der Waals surface area contributed by atoms with Gasteiger partial charge in [0.25, 0.3) is 5.91 Å². The van der Waals surface area contributed by atoms with Crippen LogP contribution in [0.5, 0.6) is 0 Å². The van der Waals surface area contributed by atoms with Crippen molar-refractivity contribution in [1.29, 1.82) is 0 Å². The molecule has 6 heteroatoms. The average molecular weight is 346 g/mol. The molecule has 2 aromatic heterocycles. The summed E-state index contributed by atoms with van der Waals surface area (Å²) >= 11 is 0. The largest absolute Gasteiger partial charge is 0.445 e. The number of hydrogen-bond acceptors (Lipinski definition) is 4. The Kier molecular flexibility index (Phi) is 4.23. The van der Waals surface area contributed by atoms with Crippen LogP contribution in [-0.4, -0.2) is 27.4 Å². The second-order valence-corrected chi connectivity index (χ2v) is 6.01. The molecule has 2 heterocycles. The molecule has 6 nitrogen and oxygen atoms in total. The number of aromatic nitrogens is 3. The number of fused-ring (bicyclic) bond motifs is 1. The molecule has 0 aliphatic carbocycles. The lowest BCUT2D eigenvalue weighted by molar-refractivity contribution is 0.0954. The van der Waals surface area contributed by atoms with E-state index in [1.165, 1.54) is 0 Å². The third-order valence-corrected chi connectivity index (χ3v) is 4.17. The van der Waals surface area contributed by atoms with E-state index < -0.39 is 0 Å². The number of aromatic amines is 1. The summed E-state index contributed by atoms with van der Waals surface area (Å²) in [7, 11) is 0. The molecule has 0 saturated carbocycles. The van der Waals surface area contributed by atoms with E-state index in [1.54, 1.807) is 18.5 Å². The summed E-state index contributed by atoms with van der Waals surface area (Å²) in [5, 5.41) is 2.93. The molecule has 0 atom stereocenters. The highest BCUT2D eigenvalue weighted by Crippen LogP contribution is 2.23. The SMILES string of the molecule is Cc1nc(-c2ccccc2)c(CCNC(=O)c2ccc3nc[nH]c3c2)o1. The Balaban J connectivity index is 1.44. The van der Waals surface area contributed by atoms with Gasteiger partial charge < -0.3 is 14.7 Å². The highest BCUT2D eigenvalue weighted by atomic mass is 16.4. The van der Waals surface area contributed by atoms with Crippen molar-refractivity contribution in [2.75, 3.05) is 6.54 Å². The standard InChI is InChI=1S/C20H18N4O2/c1-13-24-19(14-5-3-2-4-6-14)18(26-13)9-10-21-20(25)15-7-8-16-17(11-15)23-12-22-16/h2-8,11-12H,9-10H2,1H3,(H,21,25)(H,22,23). The van der Waals surface area contributed by atoms with E-state index in [0.717, 1.165) is 28.1 Å². The smallest absolute Gasteiger partial charge is 0.251 e. The Labute approximate surface area is 150 Å². The summed E-state index contributed by atoms with van der Waals surface area (Å²) in [6.07, 6.45) is 2.19. The molecule has 1 amide bonds. The topological polar surface area (TPSA) is 83.8 Å². The van der Waals surface area contributed by atoms with Crippen molar-refractivity contribution >= 4 is 16.9 Å². The molecular formula is C20H18N4O2. The van der Waals surface area contributed by atoms with E-state index in [4.69, 9.17) is 4.42 Å². The van der Waals surface area contributed by atoms with Gasteiger partial charge in [0.05, 0.1) is 17.4 Å². The van der Waals surface area contributed by atoms with Crippen molar-refractivity contribution in [3.05, 3.63) is 72.1 Å². The number of carbonyl (C=O) groups is 1. The van der Waals surface area contributed by atoms with Gasteiger partial charge in [-0.3, -0.25) is 4.79 Å². The quantitative estimate of drug-likeness (QED) is 0.579. The molecular weight excluding hydrogens is 328 g/mol. The van der Waals surface area contributed by atoms with Crippen LogP contribution in [0, 0.1) is 6.92 Å².